The van der Waals surface area contributed by atoms with Gasteiger partial charge in [0.05, 0.1) is 11.2 Å². The van der Waals surface area contributed by atoms with E-state index in [1.807, 2.05) is 42.8 Å². The van der Waals surface area contributed by atoms with Gasteiger partial charge < -0.3 is 9.88 Å². The van der Waals surface area contributed by atoms with E-state index in [1.165, 1.54) is 5.57 Å². The zero-order valence-electron chi connectivity index (χ0n) is 21.4. The Hall–Kier alpha value is -3.53. The van der Waals surface area contributed by atoms with E-state index in [0.29, 0.717) is 22.3 Å². The van der Waals surface area contributed by atoms with Crippen LogP contribution in [0.4, 0.5) is 13.2 Å². The summed E-state index contributed by atoms with van der Waals surface area (Å²) in [5.41, 5.74) is 4.46. The largest absolute Gasteiger partial charge is 0.433 e. The van der Waals surface area contributed by atoms with Crippen LogP contribution in [0.1, 0.15) is 80.7 Å². The maximum absolute atomic E-state index is 14.0. The van der Waals surface area contributed by atoms with Crippen molar-refractivity contribution in [3.63, 3.8) is 0 Å². The molecule has 0 radical (unpaired) electrons. The van der Waals surface area contributed by atoms with Gasteiger partial charge >= 0.3 is 6.18 Å². The molecule has 38 heavy (non-hydrogen) atoms. The summed E-state index contributed by atoms with van der Waals surface area (Å²) in [5, 5.41) is 19.8. The molecule has 6 rings (SSSR count). The average molecular weight is 522 g/mol. The fourth-order valence-corrected chi connectivity index (χ4v) is 5.67. The summed E-state index contributed by atoms with van der Waals surface area (Å²) in [4.78, 5) is 4.07. The molecular weight excluding hydrogens is 491 g/mol. The number of pyridine rings is 1. The van der Waals surface area contributed by atoms with Crippen LogP contribution in [-0.4, -0.2) is 36.0 Å². The van der Waals surface area contributed by atoms with Crippen LogP contribution >= 0.6 is 0 Å². The van der Waals surface area contributed by atoms with Crippen molar-refractivity contribution in [1.29, 1.82) is 0 Å². The Kier molecular flexibility index (Phi) is 6.29. The van der Waals surface area contributed by atoms with Crippen LogP contribution in [0.15, 0.2) is 42.2 Å². The first-order valence-corrected chi connectivity index (χ1v) is 13.2. The second-order valence-electron chi connectivity index (χ2n) is 10.4. The van der Waals surface area contributed by atoms with Crippen molar-refractivity contribution >= 4 is 16.5 Å². The standard InChI is InChI=1S/C28H30F3N7/c1-16(33-20-11-3-4-12-20)24-26-21(14-22(34-24)28(29,30)31)25(35-36-26)19-10-6-9-18(13-19)23(17-7-5-8-17)27-37-32-15-38(27)2/h6,9-10,13-16,20,33H,3-5,7-8,11-12H2,1-2H3,(H,35,36)/t16-/m1/s1. The van der Waals surface area contributed by atoms with Crippen molar-refractivity contribution in [2.75, 3.05) is 0 Å². The number of halogens is 3. The Morgan fingerprint density at radius 2 is 1.92 bits per heavy atom. The number of aryl methyl sites for hydroxylation is 1. The first kappa shape index (κ1) is 24.8. The smallest absolute Gasteiger partial charge is 0.317 e. The number of H-pyrrole nitrogens is 1. The number of alkyl halides is 3. The van der Waals surface area contributed by atoms with E-state index in [-0.39, 0.29) is 12.1 Å². The van der Waals surface area contributed by atoms with Gasteiger partial charge in [-0.15, -0.1) is 10.2 Å². The molecule has 2 aliphatic rings. The molecule has 0 amide bonds. The minimum atomic E-state index is -4.57. The lowest BCUT2D eigenvalue weighted by atomic mass is 9.84. The third-order valence-electron chi connectivity index (χ3n) is 7.79. The number of nitrogens with zero attached hydrogens (tertiary/aromatic N) is 5. The Bertz CT molecular complexity index is 1500. The second-order valence-corrected chi connectivity index (χ2v) is 10.4. The summed E-state index contributed by atoms with van der Waals surface area (Å²) in [6.07, 6.45) is 4.53. The summed E-state index contributed by atoms with van der Waals surface area (Å²) in [7, 11) is 1.91. The third kappa shape index (κ3) is 4.51. The van der Waals surface area contributed by atoms with E-state index >= 15 is 0 Å². The summed E-state index contributed by atoms with van der Waals surface area (Å²) >= 11 is 0. The van der Waals surface area contributed by atoms with Crippen molar-refractivity contribution in [3.8, 4) is 11.3 Å². The highest BCUT2D eigenvalue weighted by Crippen LogP contribution is 2.40. The predicted molar refractivity (Wildman–Crippen MR) is 139 cm³/mol. The van der Waals surface area contributed by atoms with E-state index in [2.05, 4.69) is 30.7 Å². The number of hydrogen-bond donors (Lipinski definition) is 2. The number of aromatic amines is 1. The SMILES string of the molecule is C[C@@H](NC1CCCC1)c1nc(C(F)(F)F)cc2c(-c3cccc(C(=C4CCC4)c4nncn4C)c3)n[nH]c12. The first-order valence-electron chi connectivity index (χ1n) is 13.2. The van der Waals surface area contributed by atoms with E-state index in [4.69, 9.17) is 0 Å². The summed E-state index contributed by atoms with van der Waals surface area (Å²) in [6.45, 7) is 1.87. The molecule has 4 aromatic rings. The molecule has 2 fully saturated rings. The molecule has 0 spiro atoms. The van der Waals surface area contributed by atoms with Crippen molar-refractivity contribution in [1.82, 2.24) is 35.3 Å². The molecule has 0 saturated heterocycles. The lowest BCUT2D eigenvalue weighted by Gasteiger charge is -2.22. The zero-order chi connectivity index (χ0) is 26.4. The number of nitrogens with one attached hydrogen (secondary N) is 2. The van der Waals surface area contributed by atoms with Crippen LogP contribution in [0.3, 0.4) is 0 Å². The highest BCUT2D eigenvalue weighted by molar-refractivity contribution is 5.95. The maximum atomic E-state index is 14.0. The van der Waals surface area contributed by atoms with Crippen molar-refractivity contribution in [3.05, 3.63) is 65.0 Å². The molecule has 7 nitrogen and oxygen atoms in total. The number of benzene rings is 1. The normalized spacial score (nSPS) is 17.2. The fourth-order valence-electron chi connectivity index (χ4n) is 5.67. The molecule has 10 heteroatoms. The quantitative estimate of drug-likeness (QED) is 0.309. The molecule has 2 saturated carbocycles. The van der Waals surface area contributed by atoms with Crippen LogP contribution in [0.5, 0.6) is 0 Å². The van der Waals surface area contributed by atoms with Gasteiger partial charge in [0, 0.05) is 35.7 Å². The minimum absolute atomic E-state index is 0.286. The highest BCUT2D eigenvalue weighted by atomic mass is 19.4. The van der Waals surface area contributed by atoms with Crippen molar-refractivity contribution < 1.29 is 13.2 Å². The number of allylic oxidation sites excluding steroid dienone is 1. The van der Waals surface area contributed by atoms with Gasteiger partial charge in [-0.1, -0.05) is 36.6 Å². The van der Waals surface area contributed by atoms with Crippen molar-refractivity contribution in [2.45, 2.75) is 70.1 Å². The Balaban J connectivity index is 1.46. The second kappa shape index (κ2) is 9.65. The van der Waals surface area contributed by atoms with Gasteiger partial charge in [0.1, 0.15) is 17.7 Å². The Labute approximate surface area is 218 Å². The molecule has 3 heterocycles. The van der Waals surface area contributed by atoms with Gasteiger partial charge in [0.2, 0.25) is 0 Å². The third-order valence-corrected chi connectivity index (χ3v) is 7.79. The summed E-state index contributed by atoms with van der Waals surface area (Å²) in [6, 6.07) is 8.83. The summed E-state index contributed by atoms with van der Waals surface area (Å²) in [5.74, 6) is 0.779. The summed E-state index contributed by atoms with van der Waals surface area (Å²) < 4.78 is 43.8. The maximum Gasteiger partial charge on any atom is 0.433 e. The van der Waals surface area contributed by atoms with Crippen LogP contribution in [0.2, 0.25) is 0 Å². The molecule has 0 aliphatic heterocycles. The van der Waals surface area contributed by atoms with Gasteiger partial charge in [-0.2, -0.15) is 18.3 Å². The lowest BCUT2D eigenvalue weighted by molar-refractivity contribution is -0.141. The van der Waals surface area contributed by atoms with Crippen LogP contribution in [-0.2, 0) is 13.2 Å². The van der Waals surface area contributed by atoms with Gasteiger partial charge in [0.15, 0.2) is 5.82 Å². The van der Waals surface area contributed by atoms with E-state index in [0.717, 1.165) is 73.5 Å². The molecular formula is C28H30F3N7. The van der Waals surface area contributed by atoms with Crippen LogP contribution in [0, 0.1) is 0 Å². The van der Waals surface area contributed by atoms with E-state index in [1.54, 1.807) is 6.33 Å². The minimum Gasteiger partial charge on any atom is -0.317 e. The van der Waals surface area contributed by atoms with Crippen LogP contribution in [0.25, 0.3) is 27.7 Å². The van der Waals surface area contributed by atoms with Crippen molar-refractivity contribution in [2.24, 2.45) is 7.05 Å². The number of aromatic nitrogens is 6. The molecule has 3 aromatic heterocycles. The molecule has 0 unspecified atom stereocenters. The van der Waals surface area contributed by atoms with E-state index < -0.39 is 11.9 Å². The lowest BCUT2D eigenvalue weighted by Crippen LogP contribution is -2.30. The molecule has 2 aliphatic carbocycles. The molecule has 2 N–H and O–H groups in total. The number of fused-ring (bicyclic) bond motifs is 1. The topological polar surface area (TPSA) is 84.3 Å². The van der Waals surface area contributed by atoms with Gasteiger partial charge in [-0.05, 0) is 56.7 Å². The molecule has 1 aromatic carbocycles. The average Bonchev–Trinajstić information content (AvgIpc) is 3.61. The number of hydrogen-bond acceptors (Lipinski definition) is 5. The van der Waals surface area contributed by atoms with Gasteiger partial charge in [-0.25, -0.2) is 4.98 Å². The molecule has 198 valence electrons. The monoisotopic (exact) mass is 521 g/mol. The molecule has 0 bridgehead atoms. The van der Waals surface area contributed by atoms with E-state index in [9.17, 15) is 13.2 Å². The van der Waals surface area contributed by atoms with Crippen LogP contribution < -0.4 is 5.32 Å². The highest BCUT2D eigenvalue weighted by Gasteiger charge is 2.35. The Morgan fingerprint density at radius 3 is 2.58 bits per heavy atom. The van der Waals surface area contributed by atoms with Gasteiger partial charge in [0.25, 0.3) is 0 Å². The first-order chi connectivity index (χ1) is 18.3. The van der Waals surface area contributed by atoms with Gasteiger partial charge in [-0.3, -0.25) is 5.10 Å². The zero-order valence-corrected chi connectivity index (χ0v) is 21.4. The number of rotatable bonds is 6. The predicted octanol–water partition coefficient (Wildman–Crippen LogP) is 6.35. The molecule has 1 atom stereocenters. The fraction of sp³-hybridized carbons (Fsp3) is 0.429. The Morgan fingerprint density at radius 1 is 1.13 bits per heavy atom.